The summed E-state index contributed by atoms with van der Waals surface area (Å²) in [5, 5.41) is 2.38. The highest BCUT2D eigenvalue weighted by molar-refractivity contribution is 7.99. The maximum atomic E-state index is 13.0. The van der Waals surface area contributed by atoms with Crippen LogP contribution in [-0.4, -0.2) is 46.6 Å². The van der Waals surface area contributed by atoms with Gasteiger partial charge in [0.15, 0.2) is 0 Å². The summed E-state index contributed by atoms with van der Waals surface area (Å²) in [5.74, 6) is 3.19. The van der Waals surface area contributed by atoms with Crippen LogP contribution in [0.25, 0.3) is 0 Å². The van der Waals surface area contributed by atoms with Gasteiger partial charge in [-0.05, 0) is 99.0 Å². The second-order valence-corrected chi connectivity index (χ2v) is 13.4. The van der Waals surface area contributed by atoms with Crippen LogP contribution in [0.4, 0.5) is 0 Å². The molecule has 3 amide bonds. The van der Waals surface area contributed by atoms with Crippen LogP contribution in [-0.2, 0) is 20.9 Å². The van der Waals surface area contributed by atoms with E-state index in [1.54, 1.807) is 4.90 Å². The maximum absolute atomic E-state index is 13.0. The number of nitrogens with zero attached hydrogens (tertiary/aromatic N) is 1. The number of unbranched alkanes of at least 4 members (excludes halogenated alkanes) is 4. The number of ether oxygens (including phenoxy) is 1. The van der Waals surface area contributed by atoms with E-state index in [1.165, 1.54) is 64.2 Å². The van der Waals surface area contributed by atoms with Crippen LogP contribution in [0.2, 0.25) is 0 Å². The molecule has 200 valence electrons. The van der Waals surface area contributed by atoms with Crippen molar-refractivity contribution < 1.29 is 19.1 Å². The number of fused-ring (bicyclic) bond motifs is 1. The molecule has 4 bridgehead atoms. The summed E-state index contributed by atoms with van der Waals surface area (Å²) in [4.78, 5) is 39.6. The predicted molar refractivity (Wildman–Crippen MR) is 143 cm³/mol. The summed E-state index contributed by atoms with van der Waals surface area (Å²) < 4.78 is 6.57. The van der Waals surface area contributed by atoms with Gasteiger partial charge in [0.1, 0.15) is 6.04 Å². The Labute approximate surface area is 224 Å². The molecule has 4 aliphatic carbocycles. The maximum Gasteiger partial charge on any atom is 0.255 e. The van der Waals surface area contributed by atoms with Crippen LogP contribution in [0, 0.1) is 17.8 Å². The first-order valence-corrected chi connectivity index (χ1v) is 15.5. The Morgan fingerprint density at radius 2 is 1.65 bits per heavy atom. The van der Waals surface area contributed by atoms with E-state index >= 15 is 0 Å². The number of piperidine rings is 1. The van der Waals surface area contributed by atoms with Crippen molar-refractivity contribution in [1.82, 2.24) is 10.2 Å². The highest BCUT2D eigenvalue weighted by atomic mass is 32.2. The number of carbonyl (C=O) groups excluding carboxylic acids is 3. The Morgan fingerprint density at radius 3 is 2.38 bits per heavy atom. The topological polar surface area (TPSA) is 75.7 Å². The molecule has 5 fully saturated rings. The van der Waals surface area contributed by atoms with E-state index in [-0.39, 0.29) is 29.7 Å². The molecule has 0 aromatic heterocycles. The highest BCUT2D eigenvalue weighted by Gasteiger charge is 2.51. The van der Waals surface area contributed by atoms with Gasteiger partial charge in [0.25, 0.3) is 5.91 Å². The number of imide groups is 1. The molecule has 1 unspecified atom stereocenters. The number of benzene rings is 1. The molecule has 6 aliphatic rings. The number of thioether (sulfide) groups is 1. The van der Waals surface area contributed by atoms with E-state index < -0.39 is 6.04 Å². The Bertz CT molecular complexity index is 1020. The zero-order valence-electron chi connectivity index (χ0n) is 21.8. The number of hydrogen-bond donors (Lipinski definition) is 1. The lowest BCUT2D eigenvalue weighted by molar-refractivity contribution is -0.162. The molecule has 37 heavy (non-hydrogen) atoms. The van der Waals surface area contributed by atoms with Crippen molar-refractivity contribution in [1.29, 1.82) is 0 Å². The third-order valence-corrected chi connectivity index (χ3v) is 10.7. The first-order chi connectivity index (χ1) is 18.0. The van der Waals surface area contributed by atoms with Crippen molar-refractivity contribution in [2.45, 2.75) is 107 Å². The molecule has 1 aromatic rings. The average Bonchev–Trinajstić information content (AvgIpc) is 3.19. The van der Waals surface area contributed by atoms with Gasteiger partial charge in [-0.25, -0.2) is 0 Å². The minimum Gasteiger partial charge on any atom is -0.375 e. The lowest BCUT2D eigenvalue weighted by Crippen LogP contribution is -2.52. The fraction of sp³-hybridized carbons (Fsp3) is 0.700. The molecule has 2 aliphatic heterocycles. The van der Waals surface area contributed by atoms with Crippen LogP contribution < -0.4 is 5.32 Å². The van der Waals surface area contributed by atoms with Gasteiger partial charge in [0.05, 0.1) is 5.60 Å². The molecule has 0 spiro atoms. The van der Waals surface area contributed by atoms with Gasteiger partial charge in [0.2, 0.25) is 11.8 Å². The second kappa shape index (κ2) is 10.7. The number of hydrogen-bond acceptors (Lipinski definition) is 5. The van der Waals surface area contributed by atoms with E-state index in [0.717, 1.165) is 47.0 Å². The molecule has 7 rings (SSSR count). The van der Waals surface area contributed by atoms with Gasteiger partial charge in [-0.3, -0.25) is 19.7 Å². The highest BCUT2D eigenvalue weighted by Crippen LogP contribution is 2.57. The van der Waals surface area contributed by atoms with Gasteiger partial charge in [0, 0.05) is 30.0 Å². The molecule has 1 N–H and O–H groups in total. The molecule has 2 heterocycles. The number of carbonyl (C=O) groups is 3. The van der Waals surface area contributed by atoms with E-state index in [1.807, 2.05) is 23.9 Å². The molecular formula is C30H40N2O4S. The van der Waals surface area contributed by atoms with Gasteiger partial charge >= 0.3 is 0 Å². The first-order valence-electron chi connectivity index (χ1n) is 14.5. The largest absolute Gasteiger partial charge is 0.375 e. The normalized spacial score (nSPS) is 32.2. The van der Waals surface area contributed by atoms with Crippen molar-refractivity contribution in [3.05, 3.63) is 29.3 Å². The molecule has 1 atom stereocenters. The molecule has 7 heteroatoms. The summed E-state index contributed by atoms with van der Waals surface area (Å²) in [6.07, 6.45) is 15.2. The SMILES string of the molecule is O=C1CCC(N2Cc3c(SCCCCCCCOC45CC6CC(CC(C6)C4)C5)cccc3C2=O)C(=O)N1. The molecule has 6 nitrogen and oxygen atoms in total. The fourth-order valence-electron chi connectivity index (χ4n) is 8.11. The van der Waals surface area contributed by atoms with Crippen molar-refractivity contribution in [3.8, 4) is 0 Å². The van der Waals surface area contributed by atoms with Gasteiger partial charge in [-0.15, -0.1) is 11.8 Å². The Kier molecular flexibility index (Phi) is 7.37. The Hall–Kier alpha value is -1.86. The van der Waals surface area contributed by atoms with E-state index in [4.69, 9.17) is 4.74 Å². The van der Waals surface area contributed by atoms with Crippen LogP contribution in [0.1, 0.15) is 99.4 Å². The van der Waals surface area contributed by atoms with E-state index in [0.29, 0.717) is 18.5 Å². The lowest BCUT2D eigenvalue weighted by Gasteiger charge is -2.56. The average molecular weight is 525 g/mol. The number of amides is 3. The van der Waals surface area contributed by atoms with Crippen LogP contribution in [0.5, 0.6) is 0 Å². The lowest BCUT2D eigenvalue weighted by atomic mass is 9.54. The minimum absolute atomic E-state index is 0.0947. The monoisotopic (exact) mass is 524 g/mol. The predicted octanol–water partition coefficient (Wildman–Crippen LogP) is 5.48. The third kappa shape index (κ3) is 5.36. The Morgan fingerprint density at radius 1 is 0.946 bits per heavy atom. The molecule has 1 saturated heterocycles. The Balaban J connectivity index is 0.896. The van der Waals surface area contributed by atoms with E-state index in [2.05, 4.69) is 11.4 Å². The van der Waals surface area contributed by atoms with Crippen LogP contribution in [0.3, 0.4) is 0 Å². The smallest absolute Gasteiger partial charge is 0.255 e. The molecular weight excluding hydrogens is 484 g/mol. The van der Waals surface area contributed by atoms with Crippen LogP contribution in [0.15, 0.2) is 23.1 Å². The van der Waals surface area contributed by atoms with Crippen molar-refractivity contribution in [2.24, 2.45) is 17.8 Å². The summed E-state index contributed by atoms with van der Waals surface area (Å²) in [6.45, 7) is 1.39. The first kappa shape index (κ1) is 25.4. The van der Waals surface area contributed by atoms with Crippen molar-refractivity contribution in [3.63, 3.8) is 0 Å². The standard InChI is InChI=1S/C30H40N2O4S/c33-27-10-9-25(28(34)31-27)32-19-24-23(29(32)35)7-6-8-26(24)37-12-5-3-1-2-4-11-36-30-16-20-13-21(17-30)15-22(14-20)18-30/h6-8,20-22,25H,1-5,9-19H2,(H,31,33,34). The number of rotatable bonds is 11. The quantitative estimate of drug-likeness (QED) is 0.236. The van der Waals surface area contributed by atoms with Gasteiger partial charge in [-0.2, -0.15) is 0 Å². The molecule has 1 aromatic carbocycles. The summed E-state index contributed by atoms with van der Waals surface area (Å²) in [7, 11) is 0. The fourth-order valence-corrected chi connectivity index (χ4v) is 9.20. The van der Waals surface area contributed by atoms with Gasteiger partial charge in [-0.1, -0.05) is 25.3 Å². The molecule has 4 saturated carbocycles. The summed E-state index contributed by atoms with van der Waals surface area (Å²) in [6, 6.07) is 5.34. The summed E-state index contributed by atoms with van der Waals surface area (Å²) >= 11 is 1.82. The van der Waals surface area contributed by atoms with E-state index in [9.17, 15) is 14.4 Å². The second-order valence-electron chi connectivity index (χ2n) is 12.2. The van der Waals surface area contributed by atoms with Gasteiger partial charge < -0.3 is 9.64 Å². The molecule has 0 radical (unpaired) electrons. The zero-order chi connectivity index (χ0) is 25.4. The van der Waals surface area contributed by atoms with Crippen molar-refractivity contribution >= 4 is 29.5 Å². The third-order valence-electron chi connectivity index (χ3n) is 9.48. The van der Waals surface area contributed by atoms with Crippen LogP contribution >= 0.6 is 11.8 Å². The zero-order valence-corrected chi connectivity index (χ0v) is 22.7. The summed E-state index contributed by atoms with van der Waals surface area (Å²) in [5.41, 5.74) is 1.98. The minimum atomic E-state index is -0.553. The number of nitrogens with one attached hydrogen (secondary N) is 1. The van der Waals surface area contributed by atoms with Crippen molar-refractivity contribution in [2.75, 3.05) is 12.4 Å².